The maximum Gasteiger partial charge on any atom is 0.232 e. The van der Waals surface area contributed by atoms with Crippen LogP contribution in [0.25, 0.3) is 0 Å². The molecule has 138 valence electrons. The summed E-state index contributed by atoms with van der Waals surface area (Å²) < 4.78 is 39.2. The normalized spacial score (nSPS) is 19.7. The van der Waals surface area contributed by atoms with Crippen LogP contribution in [0, 0.1) is 5.82 Å². The van der Waals surface area contributed by atoms with E-state index in [4.69, 9.17) is 0 Å². The molecule has 0 N–H and O–H groups in total. The van der Waals surface area contributed by atoms with E-state index in [0.29, 0.717) is 6.54 Å². The first kappa shape index (κ1) is 18.8. The first-order valence-electron chi connectivity index (χ1n) is 8.24. The SMILES string of the molecule is O=C(CSc1ccncc1)N1CCC(c2ccccc2F)S(=O)(=O)CC1. The fourth-order valence-corrected chi connectivity index (χ4v) is 5.54. The second-order valence-electron chi connectivity index (χ2n) is 6.02. The van der Waals surface area contributed by atoms with Crippen molar-refractivity contribution in [2.45, 2.75) is 16.6 Å². The van der Waals surface area contributed by atoms with Gasteiger partial charge in [-0.3, -0.25) is 9.78 Å². The molecule has 1 unspecified atom stereocenters. The highest BCUT2D eigenvalue weighted by molar-refractivity contribution is 8.00. The van der Waals surface area contributed by atoms with Crippen molar-refractivity contribution < 1.29 is 17.6 Å². The van der Waals surface area contributed by atoms with Crippen molar-refractivity contribution in [3.8, 4) is 0 Å². The lowest BCUT2D eigenvalue weighted by molar-refractivity contribution is -0.128. The zero-order valence-electron chi connectivity index (χ0n) is 14.0. The Kier molecular flexibility index (Phi) is 5.93. The molecular weight excluding hydrogens is 375 g/mol. The average Bonchev–Trinajstić information content (AvgIpc) is 2.79. The third-order valence-corrected chi connectivity index (χ3v) is 7.46. The molecule has 0 bridgehead atoms. The molecule has 0 saturated carbocycles. The molecule has 2 heterocycles. The van der Waals surface area contributed by atoms with E-state index in [1.165, 1.54) is 30.0 Å². The van der Waals surface area contributed by atoms with Gasteiger partial charge in [0, 0.05) is 35.9 Å². The molecular formula is C18H19FN2O3S2. The van der Waals surface area contributed by atoms with Crippen LogP contribution in [0.1, 0.15) is 17.2 Å². The Bertz CT molecular complexity index is 875. The second kappa shape index (κ2) is 8.18. The summed E-state index contributed by atoms with van der Waals surface area (Å²) in [4.78, 5) is 18.9. The molecule has 1 atom stereocenters. The van der Waals surface area contributed by atoms with Crippen LogP contribution in [0.4, 0.5) is 4.39 Å². The molecule has 1 aromatic carbocycles. The van der Waals surface area contributed by atoms with E-state index in [-0.39, 0.29) is 35.9 Å². The van der Waals surface area contributed by atoms with Crippen LogP contribution < -0.4 is 0 Å². The van der Waals surface area contributed by atoms with Crippen molar-refractivity contribution in [2.24, 2.45) is 0 Å². The van der Waals surface area contributed by atoms with E-state index >= 15 is 0 Å². The van der Waals surface area contributed by atoms with Crippen molar-refractivity contribution in [3.05, 3.63) is 60.2 Å². The van der Waals surface area contributed by atoms with Crippen LogP contribution >= 0.6 is 11.8 Å². The maximum atomic E-state index is 14.1. The molecule has 26 heavy (non-hydrogen) atoms. The number of thioether (sulfide) groups is 1. The summed E-state index contributed by atoms with van der Waals surface area (Å²) in [6.45, 7) is 0.441. The average molecular weight is 394 g/mol. The number of carbonyl (C=O) groups is 1. The number of pyridine rings is 1. The third-order valence-electron chi connectivity index (χ3n) is 4.36. The number of nitrogens with zero attached hydrogens (tertiary/aromatic N) is 2. The number of sulfone groups is 1. The van der Waals surface area contributed by atoms with E-state index in [9.17, 15) is 17.6 Å². The van der Waals surface area contributed by atoms with Gasteiger partial charge in [0.15, 0.2) is 9.84 Å². The topological polar surface area (TPSA) is 67.3 Å². The minimum atomic E-state index is -3.52. The van der Waals surface area contributed by atoms with Gasteiger partial charge in [-0.05, 0) is 24.6 Å². The Morgan fingerprint density at radius 1 is 1.19 bits per heavy atom. The highest BCUT2D eigenvalue weighted by Gasteiger charge is 2.33. The molecule has 0 radical (unpaired) electrons. The van der Waals surface area contributed by atoms with Gasteiger partial charge in [-0.2, -0.15) is 0 Å². The number of hydrogen-bond acceptors (Lipinski definition) is 5. The van der Waals surface area contributed by atoms with Crippen molar-refractivity contribution in [1.29, 1.82) is 0 Å². The molecule has 1 saturated heterocycles. The number of rotatable bonds is 4. The van der Waals surface area contributed by atoms with E-state index in [0.717, 1.165) is 4.90 Å². The van der Waals surface area contributed by atoms with Crippen molar-refractivity contribution in [1.82, 2.24) is 9.88 Å². The zero-order chi connectivity index (χ0) is 18.6. The predicted octanol–water partition coefficient (Wildman–Crippen LogP) is 2.70. The number of benzene rings is 1. The minimum absolute atomic E-state index is 0.115. The molecule has 3 rings (SSSR count). The van der Waals surface area contributed by atoms with Gasteiger partial charge < -0.3 is 4.90 Å². The summed E-state index contributed by atoms with van der Waals surface area (Å²) in [5.74, 6) is -0.559. The molecule has 8 heteroatoms. The second-order valence-corrected chi connectivity index (χ2v) is 9.37. The molecule has 1 fully saturated rings. The summed E-state index contributed by atoms with van der Waals surface area (Å²) >= 11 is 1.39. The van der Waals surface area contributed by atoms with E-state index < -0.39 is 20.9 Å². The monoisotopic (exact) mass is 394 g/mol. The van der Waals surface area contributed by atoms with E-state index in [2.05, 4.69) is 4.98 Å². The van der Waals surface area contributed by atoms with Gasteiger partial charge in [0.05, 0.1) is 16.8 Å². The number of amides is 1. The van der Waals surface area contributed by atoms with E-state index in [1.54, 1.807) is 23.4 Å². The van der Waals surface area contributed by atoms with Gasteiger partial charge in [0.25, 0.3) is 0 Å². The van der Waals surface area contributed by atoms with Gasteiger partial charge in [0.1, 0.15) is 5.82 Å². The highest BCUT2D eigenvalue weighted by Crippen LogP contribution is 2.31. The van der Waals surface area contributed by atoms with Crippen LogP contribution in [0.2, 0.25) is 0 Å². The van der Waals surface area contributed by atoms with Gasteiger partial charge in [-0.1, -0.05) is 18.2 Å². The lowest BCUT2D eigenvalue weighted by atomic mass is 10.1. The van der Waals surface area contributed by atoms with Crippen LogP contribution in [0.5, 0.6) is 0 Å². The standard InChI is InChI=1S/C18H19FN2O3S2/c19-16-4-2-1-3-15(16)17-7-10-21(11-12-26(17,23)24)18(22)13-25-14-5-8-20-9-6-14/h1-6,8-9,17H,7,10-13H2. The lowest BCUT2D eigenvalue weighted by Crippen LogP contribution is -2.34. The smallest absolute Gasteiger partial charge is 0.232 e. The first-order valence-corrected chi connectivity index (χ1v) is 10.9. The number of carbonyl (C=O) groups excluding carboxylic acids is 1. The van der Waals surface area contributed by atoms with Crippen molar-refractivity contribution in [2.75, 3.05) is 24.6 Å². The van der Waals surface area contributed by atoms with Gasteiger partial charge in [-0.15, -0.1) is 11.8 Å². The van der Waals surface area contributed by atoms with Crippen molar-refractivity contribution in [3.63, 3.8) is 0 Å². The lowest BCUT2D eigenvalue weighted by Gasteiger charge is -2.20. The van der Waals surface area contributed by atoms with Crippen LogP contribution in [-0.4, -0.2) is 48.8 Å². The molecule has 1 aliphatic rings. The molecule has 0 aliphatic carbocycles. The highest BCUT2D eigenvalue weighted by atomic mass is 32.2. The van der Waals surface area contributed by atoms with Gasteiger partial charge in [0.2, 0.25) is 5.91 Å². The summed E-state index contributed by atoms with van der Waals surface area (Å²) in [5, 5.41) is -0.908. The predicted molar refractivity (Wildman–Crippen MR) is 99.1 cm³/mol. The van der Waals surface area contributed by atoms with Gasteiger partial charge >= 0.3 is 0 Å². The molecule has 2 aromatic rings. The Hall–Kier alpha value is -1.93. The summed E-state index contributed by atoms with van der Waals surface area (Å²) in [6, 6.07) is 9.58. The number of aromatic nitrogens is 1. The summed E-state index contributed by atoms with van der Waals surface area (Å²) in [7, 11) is -3.52. The summed E-state index contributed by atoms with van der Waals surface area (Å²) in [6.07, 6.45) is 3.52. The largest absolute Gasteiger partial charge is 0.341 e. The number of hydrogen-bond donors (Lipinski definition) is 0. The molecule has 0 spiro atoms. The first-order chi connectivity index (χ1) is 12.5. The quantitative estimate of drug-likeness (QED) is 0.746. The third kappa shape index (κ3) is 4.42. The fraction of sp³-hybridized carbons (Fsp3) is 0.333. The molecule has 1 aromatic heterocycles. The Morgan fingerprint density at radius 2 is 1.92 bits per heavy atom. The summed E-state index contributed by atoms with van der Waals surface area (Å²) in [5.41, 5.74) is 0.188. The van der Waals surface area contributed by atoms with Crippen molar-refractivity contribution >= 4 is 27.5 Å². The Balaban J connectivity index is 1.68. The minimum Gasteiger partial charge on any atom is -0.341 e. The molecule has 1 amide bonds. The van der Waals surface area contributed by atoms with Crippen LogP contribution in [0.15, 0.2) is 53.7 Å². The fourth-order valence-electron chi connectivity index (χ4n) is 2.95. The molecule has 1 aliphatic heterocycles. The van der Waals surface area contributed by atoms with E-state index in [1.807, 2.05) is 12.1 Å². The van der Waals surface area contributed by atoms with Gasteiger partial charge in [-0.25, -0.2) is 12.8 Å². The Labute approximate surface area is 156 Å². The number of halogens is 1. The maximum absolute atomic E-state index is 14.1. The molecule has 5 nitrogen and oxygen atoms in total. The Morgan fingerprint density at radius 3 is 2.65 bits per heavy atom. The zero-order valence-corrected chi connectivity index (χ0v) is 15.7. The van der Waals surface area contributed by atoms with Crippen LogP contribution in [0.3, 0.4) is 0 Å². The van der Waals surface area contributed by atoms with Crippen LogP contribution in [-0.2, 0) is 14.6 Å².